The van der Waals surface area contributed by atoms with Crippen molar-refractivity contribution >= 4 is 5.78 Å². The number of Topliss-reactive ketones (excluding diaryl/α,β-unsaturated/α-hetero) is 1. The van der Waals surface area contributed by atoms with Gasteiger partial charge in [-0.15, -0.1) is 0 Å². The van der Waals surface area contributed by atoms with Gasteiger partial charge in [-0.3, -0.25) is 4.79 Å². The van der Waals surface area contributed by atoms with Crippen LogP contribution in [0.3, 0.4) is 0 Å². The van der Waals surface area contributed by atoms with E-state index in [2.05, 4.69) is 31.2 Å². The fourth-order valence-corrected chi connectivity index (χ4v) is 3.30. The highest BCUT2D eigenvalue weighted by atomic mass is 16.5. The quantitative estimate of drug-likeness (QED) is 0.850. The van der Waals surface area contributed by atoms with E-state index in [9.17, 15) is 4.79 Å². The molecule has 2 nitrogen and oxygen atoms in total. The molecule has 0 aliphatic carbocycles. The van der Waals surface area contributed by atoms with Crippen LogP contribution >= 0.6 is 0 Å². The number of carbonyl (C=O) groups excluding carboxylic acids is 1. The fraction of sp³-hybridized carbons (Fsp3) is 0.316. The fourth-order valence-electron chi connectivity index (χ4n) is 3.30. The Bertz CT molecular complexity index is 566. The summed E-state index contributed by atoms with van der Waals surface area (Å²) in [7, 11) is 0. The van der Waals surface area contributed by atoms with Crippen LogP contribution in [-0.2, 0) is 9.53 Å². The molecule has 0 aromatic heterocycles. The molecule has 108 valence electrons. The van der Waals surface area contributed by atoms with E-state index in [-0.39, 0.29) is 5.92 Å². The Morgan fingerprint density at radius 1 is 0.952 bits per heavy atom. The predicted octanol–water partition coefficient (Wildman–Crippen LogP) is 3.96. The van der Waals surface area contributed by atoms with Gasteiger partial charge in [0.15, 0.2) is 0 Å². The largest absolute Gasteiger partial charge is 0.373 e. The molecule has 0 amide bonds. The lowest BCUT2D eigenvalue weighted by Gasteiger charge is -2.40. The highest BCUT2D eigenvalue weighted by Gasteiger charge is 2.41. The summed E-state index contributed by atoms with van der Waals surface area (Å²) in [4.78, 5) is 12.0. The maximum Gasteiger partial charge on any atom is 0.138 e. The molecule has 1 aliphatic rings. The first-order chi connectivity index (χ1) is 10.2. The molecule has 1 fully saturated rings. The van der Waals surface area contributed by atoms with E-state index in [1.54, 1.807) is 0 Å². The number of hydrogen-bond donors (Lipinski definition) is 0. The highest BCUT2D eigenvalue weighted by molar-refractivity contribution is 5.80. The van der Waals surface area contributed by atoms with Crippen molar-refractivity contribution in [2.45, 2.75) is 31.3 Å². The predicted molar refractivity (Wildman–Crippen MR) is 83.3 cm³/mol. The molecule has 0 bridgehead atoms. The standard InChI is InChI=1S/C19H20O2/c1-19(14-17(20)12-13-21-19)18(15-8-4-2-5-9-15)16-10-6-3-7-11-16/h2-11,18H,12-14H2,1H3. The normalized spacial score (nSPS) is 22.5. The van der Waals surface area contributed by atoms with Gasteiger partial charge in [0.1, 0.15) is 5.78 Å². The molecule has 0 radical (unpaired) electrons. The second kappa shape index (κ2) is 5.82. The number of ether oxygens (including phenoxy) is 1. The number of benzene rings is 2. The molecule has 3 rings (SSSR count). The van der Waals surface area contributed by atoms with Crippen molar-refractivity contribution in [1.82, 2.24) is 0 Å². The van der Waals surface area contributed by atoms with E-state index in [0.29, 0.717) is 25.2 Å². The highest BCUT2D eigenvalue weighted by Crippen LogP contribution is 2.41. The third-order valence-corrected chi connectivity index (χ3v) is 4.24. The van der Waals surface area contributed by atoms with Gasteiger partial charge in [0.05, 0.1) is 12.2 Å². The molecule has 2 aromatic rings. The monoisotopic (exact) mass is 280 g/mol. The molecule has 0 spiro atoms. The lowest BCUT2D eigenvalue weighted by molar-refractivity contribution is -0.139. The van der Waals surface area contributed by atoms with Gasteiger partial charge in [0.2, 0.25) is 0 Å². The Morgan fingerprint density at radius 3 is 1.95 bits per heavy atom. The van der Waals surface area contributed by atoms with Crippen molar-refractivity contribution in [2.75, 3.05) is 6.61 Å². The molecule has 0 saturated carbocycles. The zero-order valence-corrected chi connectivity index (χ0v) is 12.3. The summed E-state index contributed by atoms with van der Waals surface area (Å²) in [5, 5.41) is 0. The van der Waals surface area contributed by atoms with Crippen LogP contribution in [0.4, 0.5) is 0 Å². The topological polar surface area (TPSA) is 26.3 Å². The molecule has 1 aliphatic heterocycles. The first-order valence-corrected chi connectivity index (χ1v) is 7.44. The van der Waals surface area contributed by atoms with Gasteiger partial charge < -0.3 is 4.74 Å². The van der Waals surface area contributed by atoms with Gasteiger partial charge in [-0.05, 0) is 18.1 Å². The molecular weight excluding hydrogens is 260 g/mol. The van der Waals surface area contributed by atoms with E-state index in [0.717, 1.165) is 0 Å². The molecule has 1 saturated heterocycles. The second-order valence-electron chi connectivity index (χ2n) is 5.88. The third-order valence-electron chi connectivity index (χ3n) is 4.24. The SMILES string of the molecule is CC1(C(c2ccccc2)c2ccccc2)CC(=O)CCO1. The van der Waals surface area contributed by atoms with Crippen LogP contribution in [0.2, 0.25) is 0 Å². The average Bonchev–Trinajstić information content (AvgIpc) is 2.49. The van der Waals surface area contributed by atoms with E-state index in [1.807, 2.05) is 36.4 Å². The first kappa shape index (κ1) is 14.0. The molecule has 2 aromatic carbocycles. The minimum Gasteiger partial charge on any atom is -0.373 e. The summed E-state index contributed by atoms with van der Waals surface area (Å²) >= 11 is 0. The van der Waals surface area contributed by atoms with Gasteiger partial charge in [-0.25, -0.2) is 0 Å². The van der Waals surface area contributed by atoms with Gasteiger partial charge in [0, 0.05) is 18.8 Å². The van der Waals surface area contributed by atoms with Crippen LogP contribution < -0.4 is 0 Å². The minimum absolute atomic E-state index is 0.0733. The van der Waals surface area contributed by atoms with Crippen molar-refractivity contribution in [3.05, 3.63) is 71.8 Å². The summed E-state index contributed by atoms with van der Waals surface area (Å²) in [6, 6.07) is 20.7. The van der Waals surface area contributed by atoms with Crippen LogP contribution in [0, 0.1) is 0 Å². The third kappa shape index (κ3) is 2.91. The Kier molecular flexibility index (Phi) is 3.89. The molecule has 1 unspecified atom stereocenters. The second-order valence-corrected chi connectivity index (χ2v) is 5.88. The maximum absolute atomic E-state index is 12.0. The van der Waals surface area contributed by atoms with Gasteiger partial charge in [0.25, 0.3) is 0 Å². The lowest BCUT2D eigenvalue weighted by Crippen LogP contribution is -2.43. The number of hydrogen-bond acceptors (Lipinski definition) is 2. The maximum atomic E-state index is 12.0. The van der Waals surface area contributed by atoms with Crippen LogP contribution in [0.5, 0.6) is 0 Å². The molecule has 0 N–H and O–H groups in total. The zero-order chi connectivity index (χ0) is 14.7. The van der Waals surface area contributed by atoms with E-state index < -0.39 is 5.60 Å². The number of ketones is 1. The summed E-state index contributed by atoms with van der Waals surface area (Å²) in [6.07, 6.45) is 1.01. The Morgan fingerprint density at radius 2 is 1.48 bits per heavy atom. The van der Waals surface area contributed by atoms with Crippen LogP contribution in [-0.4, -0.2) is 18.0 Å². The van der Waals surface area contributed by atoms with E-state index in [4.69, 9.17) is 4.74 Å². The van der Waals surface area contributed by atoms with E-state index in [1.165, 1.54) is 11.1 Å². The molecular formula is C19H20O2. The Balaban J connectivity index is 2.06. The van der Waals surface area contributed by atoms with Crippen molar-refractivity contribution in [3.8, 4) is 0 Å². The van der Waals surface area contributed by atoms with Crippen molar-refractivity contribution in [2.24, 2.45) is 0 Å². The average molecular weight is 280 g/mol. The van der Waals surface area contributed by atoms with Crippen LogP contribution in [0.25, 0.3) is 0 Å². The molecule has 21 heavy (non-hydrogen) atoms. The van der Waals surface area contributed by atoms with Gasteiger partial charge in [-0.1, -0.05) is 60.7 Å². The van der Waals surface area contributed by atoms with Gasteiger partial charge in [-0.2, -0.15) is 0 Å². The van der Waals surface area contributed by atoms with Crippen LogP contribution in [0.15, 0.2) is 60.7 Å². The molecule has 1 heterocycles. The van der Waals surface area contributed by atoms with E-state index >= 15 is 0 Å². The molecule has 1 atom stereocenters. The summed E-state index contributed by atoms with van der Waals surface area (Å²) < 4.78 is 6.09. The Hall–Kier alpha value is -1.93. The summed E-state index contributed by atoms with van der Waals surface area (Å²) in [5.74, 6) is 0.366. The van der Waals surface area contributed by atoms with Gasteiger partial charge >= 0.3 is 0 Å². The Labute approximate surface area is 125 Å². The number of rotatable bonds is 3. The van der Waals surface area contributed by atoms with Crippen molar-refractivity contribution < 1.29 is 9.53 Å². The van der Waals surface area contributed by atoms with Crippen LogP contribution in [0.1, 0.15) is 36.8 Å². The van der Waals surface area contributed by atoms with Crippen molar-refractivity contribution in [3.63, 3.8) is 0 Å². The smallest absolute Gasteiger partial charge is 0.138 e. The number of carbonyl (C=O) groups is 1. The zero-order valence-electron chi connectivity index (χ0n) is 12.3. The first-order valence-electron chi connectivity index (χ1n) is 7.44. The van der Waals surface area contributed by atoms with Crippen molar-refractivity contribution in [1.29, 1.82) is 0 Å². The molecule has 2 heteroatoms. The summed E-state index contributed by atoms with van der Waals surface area (Å²) in [5.41, 5.74) is 1.92. The minimum atomic E-state index is -0.474. The lowest BCUT2D eigenvalue weighted by atomic mass is 9.74. The summed E-state index contributed by atoms with van der Waals surface area (Å²) in [6.45, 7) is 2.58.